The number of halogens is 3. The number of nitriles is 1. The zero-order valence-corrected chi connectivity index (χ0v) is 17.0. The Balaban J connectivity index is 2.09. The smallest absolute Gasteiger partial charge is 0.429 e. The number of nitrogens with zero attached hydrogens (tertiary/aromatic N) is 3. The summed E-state index contributed by atoms with van der Waals surface area (Å²) in [6, 6.07) is 12.8. The number of nitrogens with one attached hydrogen (secondary N) is 1. The number of rotatable bonds is 7. The summed E-state index contributed by atoms with van der Waals surface area (Å²) >= 11 is 0. The molecule has 1 heterocycles. The average molecular weight is 450 g/mol. The van der Waals surface area contributed by atoms with E-state index in [2.05, 4.69) is 14.7 Å². The Morgan fingerprint density at radius 2 is 1.71 bits per heavy atom. The van der Waals surface area contributed by atoms with Gasteiger partial charge in [-0.25, -0.2) is 18.4 Å². The molecule has 2 aromatic carbocycles. The highest BCUT2D eigenvalue weighted by Gasteiger charge is 2.44. The zero-order chi connectivity index (χ0) is 22.6. The Morgan fingerprint density at radius 1 is 1.10 bits per heavy atom. The number of alkyl halides is 3. The van der Waals surface area contributed by atoms with Gasteiger partial charge in [0.15, 0.2) is 0 Å². The molecule has 1 N–H and O–H groups in total. The van der Waals surface area contributed by atoms with Crippen molar-refractivity contribution in [3.8, 4) is 11.9 Å². The molecule has 11 heteroatoms. The van der Waals surface area contributed by atoms with Crippen molar-refractivity contribution in [1.82, 2.24) is 9.97 Å². The summed E-state index contributed by atoms with van der Waals surface area (Å²) < 4.78 is 73.2. The molecule has 0 aliphatic heterocycles. The highest BCUT2D eigenvalue weighted by atomic mass is 32.2. The van der Waals surface area contributed by atoms with Gasteiger partial charge in [0, 0.05) is 5.56 Å². The van der Waals surface area contributed by atoms with E-state index in [0.717, 1.165) is 12.1 Å². The molecule has 31 heavy (non-hydrogen) atoms. The van der Waals surface area contributed by atoms with Crippen LogP contribution in [0.4, 0.5) is 19.0 Å². The number of aromatic nitrogens is 2. The first-order valence-corrected chi connectivity index (χ1v) is 10.8. The molecule has 3 rings (SSSR count). The van der Waals surface area contributed by atoms with Crippen LogP contribution in [-0.4, -0.2) is 30.3 Å². The summed E-state index contributed by atoms with van der Waals surface area (Å²) in [5, 5.41) is 8.86. The maximum atomic E-state index is 13.8. The summed E-state index contributed by atoms with van der Waals surface area (Å²) in [5.74, 6) is -1.29. The van der Waals surface area contributed by atoms with Gasteiger partial charge in [-0.1, -0.05) is 31.2 Å². The highest BCUT2D eigenvalue weighted by Crippen LogP contribution is 2.38. The lowest BCUT2D eigenvalue weighted by atomic mass is 10.1. The number of ether oxygens (including phenoxy) is 1. The largest absolute Gasteiger partial charge is 0.457 e. The van der Waals surface area contributed by atoms with Gasteiger partial charge in [-0.15, -0.1) is 0 Å². The van der Waals surface area contributed by atoms with Crippen molar-refractivity contribution in [2.24, 2.45) is 0 Å². The van der Waals surface area contributed by atoms with Crippen LogP contribution in [0.1, 0.15) is 30.6 Å². The van der Waals surface area contributed by atoms with E-state index in [1.54, 1.807) is 25.1 Å². The lowest BCUT2D eigenvalue weighted by molar-refractivity contribution is -0.198. The molecule has 0 fully saturated rings. The lowest BCUT2D eigenvalue weighted by Crippen LogP contribution is -2.27. The monoisotopic (exact) mass is 450 g/mol. The van der Waals surface area contributed by atoms with Gasteiger partial charge >= 0.3 is 6.18 Å². The quantitative estimate of drug-likeness (QED) is 0.574. The van der Waals surface area contributed by atoms with E-state index >= 15 is 0 Å². The van der Waals surface area contributed by atoms with Crippen molar-refractivity contribution in [2.75, 3.05) is 10.5 Å². The first-order chi connectivity index (χ1) is 14.6. The molecule has 0 saturated carbocycles. The van der Waals surface area contributed by atoms with Crippen LogP contribution in [-0.2, 0) is 10.0 Å². The fraction of sp³-hybridized carbons (Fsp3) is 0.250. The number of sulfonamides is 1. The van der Waals surface area contributed by atoms with Crippen molar-refractivity contribution in [3.63, 3.8) is 0 Å². The number of benzene rings is 2. The molecule has 0 saturated heterocycles. The summed E-state index contributed by atoms with van der Waals surface area (Å²) in [5.41, 5.74) is 0.426. The normalized spacial score (nSPS) is 12.9. The van der Waals surface area contributed by atoms with Gasteiger partial charge in [-0.05, 0) is 30.7 Å². The number of para-hydroxylation sites is 2. The molecule has 0 bridgehead atoms. The summed E-state index contributed by atoms with van der Waals surface area (Å²) in [4.78, 5) is 8.18. The van der Waals surface area contributed by atoms with Gasteiger partial charge in [0.1, 0.15) is 0 Å². The minimum atomic E-state index is -4.85. The van der Waals surface area contributed by atoms with Crippen molar-refractivity contribution in [3.05, 3.63) is 59.7 Å². The lowest BCUT2D eigenvalue weighted by Gasteiger charge is -2.23. The summed E-state index contributed by atoms with van der Waals surface area (Å²) in [7, 11) is -3.87. The van der Waals surface area contributed by atoms with Crippen molar-refractivity contribution >= 4 is 26.9 Å². The molecule has 0 aliphatic rings. The molecule has 0 aliphatic carbocycles. The zero-order valence-electron chi connectivity index (χ0n) is 16.2. The van der Waals surface area contributed by atoms with Gasteiger partial charge < -0.3 is 4.74 Å². The maximum Gasteiger partial charge on any atom is 0.429 e. The second kappa shape index (κ2) is 8.77. The van der Waals surface area contributed by atoms with E-state index in [4.69, 9.17) is 10.00 Å². The van der Waals surface area contributed by atoms with E-state index < -0.39 is 34.0 Å². The standard InChI is InChI=1S/C20H17F3N4O3S/c1-2-11-31(28,29)27-18-19(26-16-6-4-3-5-15(16)25-18)30-17(20(21,22)23)14-9-7-13(12-24)8-10-14/h3-10,17H,2,11H2,1H3,(H,25,27). The molecule has 0 spiro atoms. The Kier molecular flexibility index (Phi) is 6.31. The fourth-order valence-corrected chi connectivity index (χ4v) is 3.83. The average Bonchev–Trinajstić information content (AvgIpc) is 2.71. The van der Waals surface area contributed by atoms with Crippen LogP contribution < -0.4 is 9.46 Å². The molecular weight excluding hydrogens is 433 g/mol. The van der Waals surface area contributed by atoms with Crippen LogP contribution in [0.15, 0.2) is 48.5 Å². The second-order valence-corrected chi connectivity index (χ2v) is 8.40. The molecule has 3 aromatic rings. The molecule has 0 amide bonds. The van der Waals surface area contributed by atoms with E-state index in [1.807, 2.05) is 6.07 Å². The summed E-state index contributed by atoms with van der Waals surface area (Å²) in [6.45, 7) is 1.65. The predicted molar refractivity (Wildman–Crippen MR) is 108 cm³/mol. The third-order valence-corrected chi connectivity index (χ3v) is 5.58. The van der Waals surface area contributed by atoms with Gasteiger partial charge in [0.05, 0.1) is 28.4 Å². The summed E-state index contributed by atoms with van der Waals surface area (Å²) in [6.07, 6.45) is -7.01. The van der Waals surface area contributed by atoms with Crippen LogP contribution in [0, 0.1) is 11.3 Å². The van der Waals surface area contributed by atoms with Gasteiger partial charge in [0.25, 0.3) is 5.88 Å². The van der Waals surface area contributed by atoms with Crippen molar-refractivity contribution in [2.45, 2.75) is 25.6 Å². The van der Waals surface area contributed by atoms with Crippen LogP contribution in [0.25, 0.3) is 11.0 Å². The van der Waals surface area contributed by atoms with Gasteiger partial charge in [0.2, 0.25) is 21.9 Å². The highest BCUT2D eigenvalue weighted by molar-refractivity contribution is 7.92. The first-order valence-electron chi connectivity index (χ1n) is 9.13. The topological polar surface area (TPSA) is 105 Å². The number of hydrogen-bond acceptors (Lipinski definition) is 6. The van der Waals surface area contributed by atoms with Crippen molar-refractivity contribution < 1.29 is 26.3 Å². The van der Waals surface area contributed by atoms with Crippen LogP contribution in [0.2, 0.25) is 0 Å². The third kappa shape index (κ3) is 5.40. The van der Waals surface area contributed by atoms with E-state index in [0.29, 0.717) is 6.42 Å². The maximum absolute atomic E-state index is 13.8. The van der Waals surface area contributed by atoms with E-state index in [-0.39, 0.29) is 27.9 Å². The SMILES string of the molecule is CCCS(=O)(=O)Nc1nc2ccccc2nc1OC(c1ccc(C#N)cc1)C(F)(F)F. The predicted octanol–water partition coefficient (Wildman–Crippen LogP) is 4.34. The Labute approximate surface area is 176 Å². The number of fused-ring (bicyclic) bond motifs is 1. The molecule has 0 radical (unpaired) electrons. The molecule has 1 atom stereocenters. The minimum absolute atomic E-state index is 0.184. The third-order valence-electron chi connectivity index (χ3n) is 4.13. The molecular formula is C20H17F3N4O3S. The van der Waals surface area contributed by atoms with Crippen LogP contribution in [0.3, 0.4) is 0 Å². The van der Waals surface area contributed by atoms with E-state index in [1.165, 1.54) is 18.2 Å². The Morgan fingerprint density at radius 3 is 2.26 bits per heavy atom. The molecule has 162 valence electrons. The first kappa shape index (κ1) is 22.3. The Bertz CT molecular complexity index is 1220. The van der Waals surface area contributed by atoms with Crippen molar-refractivity contribution in [1.29, 1.82) is 5.26 Å². The van der Waals surface area contributed by atoms with Crippen LogP contribution in [0.5, 0.6) is 5.88 Å². The molecule has 1 unspecified atom stereocenters. The minimum Gasteiger partial charge on any atom is -0.457 e. The fourth-order valence-electron chi connectivity index (χ4n) is 2.77. The second-order valence-electron chi connectivity index (χ2n) is 6.56. The van der Waals surface area contributed by atoms with Gasteiger partial charge in [-0.2, -0.15) is 18.4 Å². The number of anilines is 1. The molecule has 7 nitrogen and oxygen atoms in total. The van der Waals surface area contributed by atoms with Gasteiger partial charge in [-0.3, -0.25) is 4.72 Å². The van der Waals surface area contributed by atoms with E-state index in [9.17, 15) is 21.6 Å². The number of hydrogen-bond donors (Lipinski definition) is 1. The molecule has 1 aromatic heterocycles. The Hall–Kier alpha value is -3.39. The van der Waals surface area contributed by atoms with Crippen LogP contribution >= 0.6 is 0 Å².